The Balaban J connectivity index is 1.98. The molecule has 2 rings (SSSR count). The SMILES string of the molecule is COC(=O)c1ccc(CN2C[C@@H](C)[C@H](C(=O)O)C2)cc1. The molecule has 0 spiro atoms. The Bertz CT molecular complexity index is 497. The molecule has 1 aromatic carbocycles. The van der Waals surface area contributed by atoms with Crippen LogP contribution >= 0.6 is 0 Å². The summed E-state index contributed by atoms with van der Waals surface area (Å²) in [5.41, 5.74) is 1.59. The second-order valence-corrected chi connectivity index (χ2v) is 5.30. The van der Waals surface area contributed by atoms with E-state index in [1.54, 1.807) is 12.1 Å². The quantitative estimate of drug-likeness (QED) is 0.847. The predicted molar refractivity (Wildman–Crippen MR) is 73.3 cm³/mol. The summed E-state index contributed by atoms with van der Waals surface area (Å²) in [7, 11) is 1.36. The van der Waals surface area contributed by atoms with Crippen molar-refractivity contribution in [3.05, 3.63) is 35.4 Å². The van der Waals surface area contributed by atoms with Crippen molar-refractivity contribution in [3.8, 4) is 0 Å². The van der Waals surface area contributed by atoms with Gasteiger partial charge in [-0.05, 0) is 23.6 Å². The number of esters is 1. The lowest BCUT2D eigenvalue weighted by atomic mass is 9.99. The van der Waals surface area contributed by atoms with Crippen LogP contribution in [-0.2, 0) is 16.1 Å². The fourth-order valence-electron chi connectivity index (χ4n) is 2.64. The van der Waals surface area contributed by atoms with E-state index >= 15 is 0 Å². The Morgan fingerprint density at radius 1 is 1.30 bits per heavy atom. The number of ether oxygens (including phenoxy) is 1. The first kappa shape index (κ1) is 14.5. The van der Waals surface area contributed by atoms with Gasteiger partial charge in [-0.1, -0.05) is 19.1 Å². The third-order valence-corrected chi connectivity index (χ3v) is 3.79. The summed E-state index contributed by atoms with van der Waals surface area (Å²) in [4.78, 5) is 24.6. The van der Waals surface area contributed by atoms with Gasteiger partial charge in [0.15, 0.2) is 0 Å². The number of hydrogen-bond donors (Lipinski definition) is 1. The molecule has 20 heavy (non-hydrogen) atoms. The fraction of sp³-hybridized carbons (Fsp3) is 0.467. The molecule has 1 aliphatic rings. The van der Waals surface area contributed by atoms with Crippen LogP contribution in [0.5, 0.6) is 0 Å². The minimum absolute atomic E-state index is 0.168. The lowest BCUT2D eigenvalue weighted by Crippen LogP contribution is -2.23. The summed E-state index contributed by atoms with van der Waals surface area (Å²) in [5, 5.41) is 9.11. The van der Waals surface area contributed by atoms with E-state index < -0.39 is 5.97 Å². The number of nitrogens with zero attached hydrogens (tertiary/aromatic N) is 1. The first-order valence-corrected chi connectivity index (χ1v) is 6.63. The Morgan fingerprint density at radius 3 is 2.45 bits per heavy atom. The van der Waals surface area contributed by atoms with E-state index in [2.05, 4.69) is 9.64 Å². The molecule has 1 N–H and O–H groups in total. The molecule has 0 saturated carbocycles. The zero-order valence-electron chi connectivity index (χ0n) is 11.7. The van der Waals surface area contributed by atoms with Crippen molar-refractivity contribution in [2.75, 3.05) is 20.2 Å². The average Bonchev–Trinajstić information content (AvgIpc) is 2.79. The molecule has 0 amide bonds. The molecule has 2 atom stereocenters. The number of carbonyl (C=O) groups is 2. The van der Waals surface area contributed by atoms with Gasteiger partial charge in [0, 0.05) is 19.6 Å². The second kappa shape index (κ2) is 6.05. The average molecular weight is 277 g/mol. The zero-order chi connectivity index (χ0) is 14.7. The number of hydrogen-bond acceptors (Lipinski definition) is 4. The van der Waals surface area contributed by atoms with Gasteiger partial charge in [-0.3, -0.25) is 9.69 Å². The summed E-state index contributed by atoms with van der Waals surface area (Å²) >= 11 is 0. The zero-order valence-corrected chi connectivity index (χ0v) is 11.7. The highest BCUT2D eigenvalue weighted by Crippen LogP contribution is 2.24. The van der Waals surface area contributed by atoms with Crippen molar-refractivity contribution in [3.63, 3.8) is 0 Å². The van der Waals surface area contributed by atoms with Gasteiger partial charge < -0.3 is 9.84 Å². The van der Waals surface area contributed by atoms with Gasteiger partial charge in [-0.25, -0.2) is 4.79 Å². The molecule has 1 saturated heterocycles. The fourth-order valence-corrected chi connectivity index (χ4v) is 2.64. The van der Waals surface area contributed by atoms with Crippen LogP contribution in [0, 0.1) is 11.8 Å². The van der Waals surface area contributed by atoms with Gasteiger partial charge in [0.25, 0.3) is 0 Å². The van der Waals surface area contributed by atoms with Crippen molar-refractivity contribution in [1.82, 2.24) is 4.90 Å². The molecule has 5 heteroatoms. The van der Waals surface area contributed by atoms with Crippen molar-refractivity contribution in [2.45, 2.75) is 13.5 Å². The van der Waals surface area contributed by atoms with E-state index in [1.165, 1.54) is 7.11 Å². The van der Waals surface area contributed by atoms with E-state index in [0.717, 1.165) is 12.1 Å². The molecule has 1 aromatic rings. The number of rotatable bonds is 4. The van der Waals surface area contributed by atoms with Crippen molar-refractivity contribution in [1.29, 1.82) is 0 Å². The van der Waals surface area contributed by atoms with Crippen LogP contribution in [0.2, 0.25) is 0 Å². The largest absolute Gasteiger partial charge is 0.481 e. The molecular formula is C15H19NO4. The maximum Gasteiger partial charge on any atom is 0.337 e. The number of methoxy groups -OCH3 is 1. The first-order chi connectivity index (χ1) is 9.51. The molecule has 0 aliphatic carbocycles. The number of carbonyl (C=O) groups excluding carboxylic acids is 1. The number of carboxylic acid groups (broad SMARTS) is 1. The maximum atomic E-state index is 11.3. The molecular weight excluding hydrogens is 258 g/mol. The Morgan fingerprint density at radius 2 is 1.95 bits per heavy atom. The van der Waals surface area contributed by atoms with E-state index in [4.69, 9.17) is 5.11 Å². The topological polar surface area (TPSA) is 66.8 Å². The minimum atomic E-state index is -0.721. The van der Waals surface area contributed by atoms with Gasteiger partial charge in [0.2, 0.25) is 0 Å². The minimum Gasteiger partial charge on any atom is -0.481 e. The van der Waals surface area contributed by atoms with Gasteiger partial charge >= 0.3 is 11.9 Å². The summed E-state index contributed by atoms with van der Waals surface area (Å²) in [6.45, 7) is 4.04. The monoisotopic (exact) mass is 277 g/mol. The molecule has 1 fully saturated rings. The van der Waals surface area contributed by atoms with Crippen LogP contribution in [0.1, 0.15) is 22.8 Å². The van der Waals surface area contributed by atoms with Crippen LogP contribution in [0.15, 0.2) is 24.3 Å². The van der Waals surface area contributed by atoms with E-state index in [9.17, 15) is 9.59 Å². The molecule has 108 valence electrons. The van der Waals surface area contributed by atoms with Gasteiger partial charge in [0.1, 0.15) is 0 Å². The van der Waals surface area contributed by atoms with Crippen molar-refractivity contribution in [2.24, 2.45) is 11.8 Å². The van der Waals surface area contributed by atoms with E-state index in [1.807, 2.05) is 19.1 Å². The van der Waals surface area contributed by atoms with Crippen LogP contribution in [-0.4, -0.2) is 42.1 Å². The smallest absolute Gasteiger partial charge is 0.337 e. The Labute approximate surface area is 118 Å². The number of likely N-dealkylation sites (tertiary alicyclic amines) is 1. The van der Waals surface area contributed by atoms with Gasteiger partial charge in [-0.2, -0.15) is 0 Å². The summed E-state index contributed by atoms with van der Waals surface area (Å²) < 4.78 is 4.65. The second-order valence-electron chi connectivity index (χ2n) is 5.30. The molecule has 0 bridgehead atoms. The summed E-state index contributed by atoms with van der Waals surface area (Å²) in [6.07, 6.45) is 0. The van der Waals surface area contributed by atoms with Crippen molar-refractivity contribution < 1.29 is 19.4 Å². The molecule has 0 aromatic heterocycles. The van der Waals surface area contributed by atoms with Crippen molar-refractivity contribution >= 4 is 11.9 Å². The highest BCUT2D eigenvalue weighted by Gasteiger charge is 2.34. The standard InChI is InChI=1S/C15H19NO4/c1-10-7-16(9-13(10)14(17)18)8-11-3-5-12(6-4-11)15(19)20-2/h3-6,10,13H,7-9H2,1-2H3,(H,17,18)/t10-,13-/m1/s1. The lowest BCUT2D eigenvalue weighted by molar-refractivity contribution is -0.142. The predicted octanol–water partition coefficient (Wildman–Crippen LogP) is 1.63. The highest BCUT2D eigenvalue weighted by molar-refractivity contribution is 5.89. The van der Waals surface area contributed by atoms with Crippen LogP contribution < -0.4 is 0 Å². The maximum absolute atomic E-state index is 11.3. The third-order valence-electron chi connectivity index (χ3n) is 3.79. The molecule has 1 aliphatic heterocycles. The number of aliphatic carboxylic acids is 1. The normalized spacial score (nSPS) is 22.7. The van der Waals surface area contributed by atoms with E-state index in [0.29, 0.717) is 18.7 Å². The molecule has 5 nitrogen and oxygen atoms in total. The van der Waals surface area contributed by atoms with E-state index in [-0.39, 0.29) is 17.8 Å². The Kier molecular flexibility index (Phi) is 4.39. The third kappa shape index (κ3) is 3.17. The summed E-state index contributed by atoms with van der Waals surface area (Å²) in [6, 6.07) is 7.22. The first-order valence-electron chi connectivity index (χ1n) is 6.63. The Hall–Kier alpha value is -1.88. The van der Waals surface area contributed by atoms with Gasteiger partial charge in [0.05, 0.1) is 18.6 Å². The van der Waals surface area contributed by atoms with Gasteiger partial charge in [-0.15, -0.1) is 0 Å². The molecule has 1 heterocycles. The number of carboxylic acids is 1. The highest BCUT2D eigenvalue weighted by atomic mass is 16.5. The van der Waals surface area contributed by atoms with Crippen LogP contribution in [0.25, 0.3) is 0 Å². The van der Waals surface area contributed by atoms with Crippen LogP contribution in [0.4, 0.5) is 0 Å². The number of benzene rings is 1. The van der Waals surface area contributed by atoms with Crippen LogP contribution in [0.3, 0.4) is 0 Å². The molecule has 0 radical (unpaired) electrons. The molecule has 0 unspecified atom stereocenters. The lowest BCUT2D eigenvalue weighted by Gasteiger charge is -2.15. The summed E-state index contributed by atoms with van der Waals surface area (Å²) in [5.74, 6) is -1.19.